The number of nitrogens with one attached hydrogen (secondary N) is 2. The van der Waals surface area contributed by atoms with Gasteiger partial charge in [-0.15, -0.1) is 0 Å². The van der Waals surface area contributed by atoms with Crippen LogP contribution in [-0.4, -0.2) is 61.1 Å². The lowest BCUT2D eigenvalue weighted by molar-refractivity contribution is -0.138. The van der Waals surface area contributed by atoms with Crippen molar-refractivity contribution in [1.29, 1.82) is 0 Å². The number of pyridine rings is 1. The maximum Gasteiger partial charge on any atom is 0.417 e. The van der Waals surface area contributed by atoms with E-state index in [9.17, 15) is 22.8 Å². The first-order chi connectivity index (χ1) is 19.4. The molecule has 3 aromatic rings. The minimum absolute atomic E-state index is 0.110. The molecular weight excluding hydrogens is 538 g/mol. The minimum Gasteiger partial charge on any atom is -0.372 e. The van der Waals surface area contributed by atoms with Gasteiger partial charge in [0.15, 0.2) is 0 Å². The van der Waals surface area contributed by atoms with Gasteiger partial charge in [0.25, 0.3) is 5.91 Å². The zero-order chi connectivity index (χ0) is 29.5. The molecule has 2 fully saturated rings. The van der Waals surface area contributed by atoms with Crippen LogP contribution >= 0.6 is 0 Å². The summed E-state index contributed by atoms with van der Waals surface area (Å²) in [5.41, 5.74) is -0.675. The van der Waals surface area contributed by atoms with Crippen molar-refractivity contribution in [2.45, 2.75) is 44.9 Å². The molecule has 7 nitrogen and oxygen atoms in total. The van der Waals surface area contributed by atoms with E-state index in [0.29, 0.717) is 30.4 Å². The summed E-state index contributed by atoms with van der Waals surface area (Å²) >= 11 is 0. The summed E-state index contributed by atoms with van der Waals surface area (Å²) in [6, 6.07) is 10.8. The fourth-order valence-electron chi connectivity index (χ4n) is 5.66. The van der Waals surface area contributed by atoms with Crippen molar-refractivity contribution in [2.75, 3.05) is 48.3 Å². The van der Waals surface area contributed by atoms with E-state index < -0.39 is 34.6 Å². The van der Waals surface area contributed by atoms with Crippen molar-refractivity contribution < 1.29 is 22.4 Å². The second-order valence-electron chi connectivity index (χ2n) is 10.9. The quantitative estimate of drug-likeness (QED) is 0.392. The number of hydrogen-bond donors (Lipinski definition) is 2. The number of likely N-dealkylation sites (N-methyl/N-ethyl adjacent to an activating group) is 1. The van der Waals surface area contributed by atoms with Crippen molar-refractivity contribution >= 4 is 23.0 Å². The van der Waals surface area contributed by atoms with Crippen molar-refractivity contribution in [1.82, 2.24) is 9.88 Å². The smallest absolute Gasteiger partial charge is 0.372 e. The van der Waals surface area contributed by atoms with Crippen molar-refractivity contribution in [3.05, 3.63) is 76.0 Å². The fourth-order valence-corrected chi connectivity index (χ4v) is 5.66. The van der Waals surface area contributed by atoms with E-state index in [-0.39, 0.29) is 23.3 Å². The summed E-state index contributed by atoms with van der Waals surface area (Å²) in [6.07, 6.45) is -1.93. The summed E-state index contributed by atoms with van der Waals surface area (Å²) in [6.45, 7) is 7.04. The number of H-pyrrole nitrogens is 1. The number of carbonyl (C=O) groups excluding carboxylic acids is 1. The van der Waals surface area contributed by atoms with E-state index in [2.05, 4.69) is 20.1 Å². The predicted molar refractivity (Wildman–Crippen MR) is 152 cm³/mol. The molecular formula is C30H33F4N5O2. The van der Waals surface area contributed by atoms with E-state index in [1.165, 1.54) is 12.1 Å². The van der Waals surface area contributed by atoms with E-state index in [0.717, 1.165) is 37.8 Å². The molecule has 0 bridgehead atoms. The van der Waals surface area contributed by atoms with Gasteiger partial charge in [-0.1, -0.05) is 12.1 Å². The molecule has 2 aromatic carbocycles. The van der Waals surface area contributed by atoms with Gasteiger partial charge in [0, 0.05) is 61.8 Å². The van der Waals surface area contributed by atoms with Crippen molar-refractivity contribution in [3.8, 4) is 11.1 Å². The highest BCUT2D eigenvalue weighted by Crippen LogP contribution is 2.38. The van der Waals surface area contributed by atoms with Crippen LogP contribution in [0.4, 0.5) is 34.6 Å². The molecule has 0 saturated carbocycles. The highest BCUT2D eigenvalue weighted by atomic mass is 19.4. The Bertz CT molecular complexity index is 1470. The SMILES string of the molecule is C[C@@H]1CN(c2cc(F)c(-c3ccc(N4CCCC4)cc3)cc2NC(=O)c2c[nH]c(=O)cc2C(F)(F)F)C[C@H](C)N1C. The molecule has 11 heteroatoms. The molecule has 3 heterocycles. The maximum absolute atomic E-state index is 15.7. The predicted octanol–water partition coefficient (Wildman–Crippen LogP) is 5.58. The molecule has 0 radical (unpaired) electrons. The van der Waals surface area contributed by atoms with Crippen LogP contribution in [0.3, 0.4) is 0 Å². The second-order valence-corrected chi connectivity index (χ2v) is 10.9. The molecule has 218 valence electrons. The lowest BCUT2D eigenvalue weighted by Crippen LogP contribution is -2.55. The number of aromatic nitrogens is 1. The van der Waals surface area contributed by atoms with Crippen LogP contribution in [0.1, 0.15) is 42.6 Å². The number of halogens is 4. The lowest BCUT2D eigenvalue weighted by atomic mass is 10.0. The third kappa shape index (κ3) is 5.95. The average Bonchev–Trinajstić information content (AvgIpc) is 3.47. The number of aromatic amines is 1. The van der Waals surface area contributed by atoms with Gasteiger partial charge in [-0.05, 0) is 63.6 Å². The zero-order valence-corrected chi connectivity index (χ0v) is 23.2. The van der Waals surface area contributed by atoms with Crippen molar-refractivity contribution in [2.24, 2.45) is 0 Å². The average molecular weight is 572 g/mol. The molecule has 0 unspecified atom stereocenters. The van der Waals surface area contributed by atoms with Crippen LogP contribution in [0, 0.1) is 5.82 Å². The number of alkyl halides is 3. The summed E-state index contributed by atoms with van der Waals surface area (Å²) in [5, 5.41) is 2.60. The van der Waals surface area contributed by atoms with E-state index in [1.807, 2.05) is 37.9 Å². The first-order valence-corrected chi connectivity index (χ1v) is 13.7. The molecule has 2 aliphatic rings. The van der Waals surface area contributed by atoms with Crippen LogP contribution < -0.4 is 20.7 Å². The molecule has 5 rings (SSSR count). The number of piperazine rings is 1. The molecule has 41 heavy (non-hydrogen) atoms. The van der Waals surface area contributed by atoms with Gasteiger partial charge < -0.3 is 20.1 Å². The summed E-state index contributed by atoms with van der Waals surface area (Å²) < 4.78 is 56.8. The zero-order valence-electron chi connectivity index (χ0n) is 23.2. The van der Waals surface area contributed by atoms with E-state index in [4.69, 9.17) is 0 Å². The van der Waals surface area contributed by atoms with E-state index in [1.54, 1.807) is 12.1 Å². The normalized spacial score (nSPS) is 20.0. The number of anilines is 3. The summed E-state index contributed by atoms with van der Waals surface area (Å²) in [5.74, 6) is -1.57. The molecule has 0 spiro atoms. The summed E-state index contributed by atoms with van der Waals surface area (Å²) in [7, 11) is 2.00. The van der Waals surface area contributed by atoms with Crippen molar-refractivity contribution in [3.63, 3.8) is 0 Å². The van der Waals surface area contributed by atoms with Crippen LogP contribution in [0.5, 0.6) is 0 Å². The molecule has 2 saturated heterocycles. The maximum atomic E-state index is 15.7. The van der Waals surface area contributed by atoms with Crippen LogP contribution in [-0.2, 0) is 6.18 Å². The third-order valence-electron chi connectivity index (χ3n) is 8.16. The Morgan fingerprint density at radius 3 is 2.22 bits per heavy atom. The largest absolute Gasteiger partial charge is 0.417 e. The minimum atomic E-state index is -4.92. The van der Waals surface area contributed by atoms with Gasteiger partial charge in [-0.25, -0.2) is 4.39 Å². The standard InChI is InChI=1S/C30H33F4N5O2/c1-18-16-39(17-19(2)37(18)3)27-14-25(31)22(20-6-8-21(9-7-20)38-10-4-5-11-38)12-26(27)36-29(41)23-15-35-28(40)13-24(23)30(32,33)34/h6-9,12-15,18-19H,4-5,10-11,16-17H2,1-3H3,(H,35,40)(H,36,41)/t18-,19+. The van der Waals surface area contributed by atoms with Gasteiger partial charge >= 0.3 is 6.18 Å². The Kier molecular flexibility index (Phi) is 7.83. The van der Waals surface area contributed by atoms with Crippen LogP contribution in [0.15, 0.2) is 53.5 Å². The van der Waals surface area contributed by atoms with Gasteiger partial charge in [0.2, 0.25) is 5.56 Å². The topological polar surface area (TPSA) is 71.7 Å². The number of hydrogen-bond acceptors (Lipinski definition) is 5. The number of carbonyl (C=O) groups is 1. The number of nitrogens with zero attached hydrogens (tertiary/aromatic N) is 3. The molecule has 2 N–H and O–H groups in total. The highest BCUT2D eigenvalue weighted by molar-refractivity contribution is 6.07. The monoisotopic (exact) mass is 571 g/mol. The Morgan fingerprint density at radius 1 is 0.976 bits per heavy atom. The third-order valence-corrected chi connectivity index (χ3v) is 8.16. The lowest BCUT2D eigenvalue weighted by Gasteiger charge is -2.44. The Morgan fingerprint density at radius 2 is 1.61 bits per heavy atom. The Balaban J connectivity index is 1.55. The number of benzene rings is 2. The van der Waals surface area contributed by atoms with Crippen LogP contribution in [0.25, 0.3) is 11.1 Å². The van der Waals surface area contributed by atoms with Crippen LogP contribution in [0.2, 0.25) is 0 Å². The fraction of sp³-hybridized carbons (Fsp3) is 0.400. The first kappa shape index (κ1) is 28.7. The van der Waals surface area contributed by atoms with Gasteiger partial charge in [0.1, 0.15) is 5.82 Å². The molecule has 1 amide bonds. The molecule has 2 atom stereocenters. The Hall–Kier alpha value is -3.86. The second kappa shape index (κ2) is 11.2. The number of amides is 1. The molecule has 2 aliphatic heterocycles. The molecule has 1 aromatic heterocycles. The number of rotatable bonds is 5. The summed E-state index contributed by atoms with van der Waals surface area (Å²) in [4.78, 5) is 33.4. The Labute approximate surface area is 235 Å². The first-order valence-electron chi connectivity index (χ1n) is 13.7. The molecule has 0 aliphatic carbocycles. The van der Waals surface area contributed by atoms with Gasteiger partial charge in [0.05, 0.1) is 22.5 Å². The van der Waals surface area contributed by atoms with E-state index >= 15 is 4.39 Å². The highest BCUT2D eigenvalue weighted by Gasteiger charge is 2.36. The van der Waals surface area contributed by atoms with Gasteiger partial charge in [-0.2, -0.15) is 13.2 Å². The van der Waals surface area contributed by atoms with Gasteiger partial charge in [-0.3, -0.25) is 14.5 Å².